The van der Waals surface area contributed by atoms with Crippen molar-refractivity contribution < 1.29 is 24.4 Å². The summed E-state index contributed by atoms with van der Waals surface area (Å²) in [5.74, 6) is -0.527. The molecule has 2 N–H and O–H groups in total. The molecule has 136 valence electrons. The molecule has 2 amide bonds. The number of ether oxygens (including phenoxy) is 1. The fourth-order valence-corrected chi connectivity index (χ4v) is 3.28. The summed E-state index contributed by atoms with van der Waals surface area (Å²) >= 11 is 0.740. The van der Waals surface area contributed by atoms with Gasteiger partial charge < -0.3 is 9.84 Å². The van der Waals surface area contributed by atoms with Crippen molar-refractivity contribution in [1.82, 2.24) is 9.88 Å². The Labute approximate surface area is 151 Å². The highest BCUT2D eigenvalue weighted by Crippen LogP contribution is 2.29. The lowest BCUT2D eigenvalue weighted by atomic mass is 9.98. The molecule has 2 aromatic rings. The molecular weight excluding hydrogens is 364 g/mol. The molecule has 3 rings (SSSR count). The van der Waals surface area contributed by atoms with Gasteiger partial charge in [-0.05, 0) is 23.0 Å². The molecule has 1 aliphatic rings. The highest BCUT2D eigenvalue weighted by molar-refractivity contribution is 7.18. The minimum Gasteiger partial charge on any atom is -0.465 e. The number of benzene rings is 1. The minimum absolute atomic E-state index is 0.0893. The van der Waals surface area contributed by atoms with Gasteiger partial charge in [0.05, 0.1) is 24.2 Å². The molecule has 10 nitrogen and oxygen atoms in total. The number of carboxylic acid groups (broad SMARTS) is 1. The smallest absolute Gasteiger partial charge is 0.407 e. The number of hydrogen-bond acceptors (Lipinski definition) is 7. The summed E-state index contributed by atoms with van der Waals surface area (Å²) in [6, 6.07) is 5.95. The molecule has 0 spiro atoms. The largest absolute Gasteiger partial charge is 0.465 e. The van der Waals surface area contributed by atoms with E-state index in [4.69, 9.17) is 4.74 Å². The zero-order valence-corrected chi connectivity index (χ0v) is 14.1. The van der Waals surface area contributed by atoms with Crippen LogP contribution in [0.2, 0.25) is 0 Å². The van der Waals surface area contributed by atoms with Crippen LogP contribution in [0.4, 0.5) is 14.9 Å². The van der Waals surface area contributed by atoms with Crippen LogP contribution in [0.3, 0.4) is 0 Å². The average Bonchev–Trinajstić information content (AvgIpc) is 3.10. The van der Waals surface area contributed by atoms with Gasteiger partial charge in [0.2, 0.25) is 0 Å². The molecule has 2 heterocycles. The Morgan fingerprint density at radius 1 is 1.42 bits per heavy atom. The van der Waals surface area contributed by atoms with E-state index in [0.29, 0.717) is 12.2 Å². The van der Waals surface area contributed by atoms with E-state index < -0.39 is 23.0 Å². The van der Waals surface area contributed by atoms with Crippen molar-refractivity contribution in [3.63, 3.8) is 0 Å². The number of carbonyl (C=O) groups excluding carboxylic acids is 1. The molecule has 1 fully saturated rings. The average molecular weight is 378 g/mol. The molecule has 11 heteroatoms. The zero-order chi connectivity index (χ0) is 18.7. The van der Waals surface area contributed by atoms with Gasteiger partial charge in [0.15, 0.2) is 5.13 Å². The summed E-state index contributed by atoms with van der Waals surface area (Å²) in [7, 11) is 0. The van der Waals surface area contributed by atoms with Gasteiger partial charge in [-0.1, -0.05) is 18.2 Å². The van der Waals surface area contributed by atoms with E-state index in [1.165, 1.54) is 4.90 Å². The summed E-state index contributed by atoms with van der Waals surface area (Å²) < 4.78 is 5.38. The Morgan fingerprint density at radius 3 is 2.88 bits per heavy atom. The Kier molecular flexibility index (Phi) is 5.09. The number of anilines is 1. The highest BCUT2D eigenvalue weighted by Gasteiger charge is 2.31. The van der Waals surface area contributed by atoms with Crippen LogP contribution >= 0.6 is 11.3 Å². The van der Waals surface area contributed by atoms with Gasteiger partial charge in [-0.15, -0.1) is 0 Å². The Bertz CT molecular complexity index is 854. The predicted octanol–water partition coefficient (Wildman–Crippen LogP) is 2.35. The van der Waals surface area contributed by atoms with Crippen LogP contribution < -0.4 is 5.32 Å². The van der Waals surface area contributed by atoms with E-state index in [0.717, 1.165) is 17.5 Å². The van der Waals surface area contributed by atoms with Crippen LogP contribution in [0.1, 0.15) is 22.0 Å². The van der Waals surface area contributed by atoms with E-state index in [-0.39, 0.29) is 28.8 Å². The summed E-state index contributed by atoms with van der Waals surface area (Å²) in [6.07, 6.45) is -0.0306. The number of hydrogen-bond donors (Lipinski definition) is 2. The third-order valence-electron chi connectivity index (χ3n) is 3.83. The van der Waals surface area contributed by atoms with Crippen molar-refractivity contribution >= 4 is 33.5 Å². The van der Waals surface area contributed by atoms with Crippen molar-refractivity contribution in [2.24, 2.45) is 0 Å². The normalized spacial score (nSPS) is 16.9. The Balaban J connectivity index is 1.87. The number of nitrogens with zero attached hydrogens (tertiary/aromatic N) is 3. The third-order valence-corrected chi connectivity index (χ3v) is 4.70. The summed E-state index contributed by atoms with van der Waals surface area (Å²) in [6.45, 7) is 0.633. The zero-order valence-electron chi connectivity index (χ0n) is 13.3. The molecule has 1 unspecified atom stereocenters. The fraction of sp³-hybridized carbons (Fsp3) is 0.267. The van der Waals surface area contributed by atoms with Crippen LogP contribution in [-0.4, -0.2) is 51.7 Å². The molecule has 1 aliphatic heterocycles. The van der Waals surface area contributed by atoms with Crippen LogP contribution in [-0.2, 0) is 4.74 Å². The van der Waals surface area contributed by atoms with Crippen LogP contribution in [0.5, 0.6) is 0 Å². The van der Waals surface area contributed by atoms with E-state index in [9.17, 15) is 24.8 Å². The van der Waals surface area contributed by atoms with Gasteiger partial charge in [-0.3, -0.25) is 25.1 Å². The molecule has 1 aromatic carbocycles. The number of nitrogens with one attached hydrogen (secondary N) is 1. The first-order chi connectivity index (χ1) is 12.5. The molecule has 1 saturated heterocycles. The van der Waals surface area contributed by atoms with E-state index in [1.807, 2.05) is 0 Å². The van der Waals surface area contributed by atoms with E-state index in [2.05, 4.69) is 10.3 Å². The van der Waals surface area contributed by atoms with Gasteiger partial charge >= 0.3 is 11.1 Å². The Morgan fingerprint density at radius 2 is 2.19 bits per heavy atom. The SMILES string of the molecule is O=C(Nc1ncc([N+](=O)[O-])s1)c1ccccc1C1COCCN1C(=O)O. The molecule has 1 atom stereocenters. The summed E-state index contributed by atoms with van der Waals surface area (Å²) in [4.78, 5) is 39.2. The molecule has 0 aliphatic carbocycles. The third kappa shape index (κ3) is 3.63. The summed E-state index contributed by atoms with van der Waals surface area (Å²) in [5, 5.41) is 22.5. The predicted molar refractivity (Wildman–Crippen MR) is 91.5 cm³/mol. The minimum atomic E-state index is -1.09. The monoisotopic (exact) mass is 378 g/mol. The second-order valence-electron chi connectivity index (χ2n) is 5.37. The van der Waals surface area contributed by atoms with Gasteiger partial charge in [0, 0.05) is 12.1 Å². The lowest BCUT2D eigenvalue weighted by Gasteiger charge is -2.34. The molecule has 0 radical (unpaired) electrons. The van der Waals surface area contributed by atoms with Gasteiger partial charge in [-0.2, -0.15) is 0 Å². The number of thiazole rings is 1. The molecular formula is C15H14N4O6S. The standard InChI is InChI=1S/C15H14N4O6S/c20-13(17-14-16-7-12(26-14)19(23)24)10-4-2-1-3-9(10)11-8-25-6-5-18(11)15(21)22/h1-4,7,11H,5-6,8H2,(H,21,22)(H,16,17,20). The lowest BCUT2D eigenvalue weighted by molar-refractivity contribution is -0.380. The second kappa shape index (κ2) is 7.45. The molecule has 0 saturated carbocycles. The number of carbonyl (C=O) groups is 2. The second-order valence-corrected chi connectivity index (χ2v) is 6.38. The van der Waals surface area contributed by atoms with Crippen LogP contribution in [0.25, 0.3) is 0 Å². The van der Waals surface area contributed by atoms with Crippen molar-refractivity contribution in [3.05, 3.63) is 51.7 Å². The maximum atomic E-state index is 12.6. The number of amides is 2. The first kappa shape index (κ1) is 17.8. The first-order valence-electron chi connectivity index (χ1n) is 7.55. The summed E-state index contributed by atoms with van der Waals surface area (Å²) in [5.41, 5.74) is 0.755. The molecule has 26 heavy (non-hydrogen) atoms. The van der Waals surface area contributed by atoms with E-state index in [1.54, 1.807) is 24.3 Å². The highest BCUT2D eigenvalue weighted by atomic mass is 32.1. The maximum Gasteiger partial charge on any atom is 0.407 e. The van der Waals surface area contributed by atoms with Crippen molar-refractivity contribution in [2.45, 2.75) is 6.04 Å². The van der Waals surface area contributed by atoms with Gasteiger partial charge in [0.25, 0.3) is 5.91 Å². The number of rotatable bonds is 4. The molecule has 1 aromatic heterocycles. The van der Waals surface area contributed by atoms with Crippen LogP contribution in [0.15, 0.2) is 30.5 Å². The van der Waals surface area contributed by atoms with E-state index >= 15 is 0 Å². The Hall–Kier alpha value is -3.05. The molecule has 0 bridgehead atoms. The number of aromatic nitrogens is 1. The van der Waals surface area contributed by atoms with Crippen molar-refractivity contribution in [2.75, 3.05) is 25.1 Å². The topological polar surface area (TPSA) is 135 Å². The maximum absolute atomic E-state index is 12.6. The van der Waals surface area contributed by atoms with Crippen LogP contribution in [0, 0.1) is 10.1 Å². The quantitative estimate of drug-likeness (QED) is 0.616. The van der Waals surface area contributed by atoms with Crippen molar-refractivity contribution in [1.29, 1.82) is 0 Å². The first-order valence-corrected chi connectivity index (χ1v) is 8.37. The van der Waals surface area contributed by atoms with Gasteiger partial charge in [-0.25, -0.2) is 9.78 Å². The fourth-order valence-electron chi connectivity index (χ4n) is 2.66. The van der Waals surface area contributed by atoms with Gasteiger partial charge in [0.1, 0.15) is 6.20 Å². The lowest BCUT2D eigenvalue weighted by Crippen LogP contribution is -2.43. The number of morpholine rings is 1. The van der Waals surface area contributed by atoms with Crippen molar-refractivity contribution in [3.8, 4) is 0 Å². The number of nitro groups is 1.